The van der Waals surface area contributed by atoms with Crippen molar-refractivity contribution in [1.29, 1.82) is 0 Å². The van der Waals surface area contributed by atoms with Gasteiger partial charge in [0.15, 0.2) is 5.82 Å². The van der Waals surface area contributed by atoms with Gasteiger partial charge in [0.25, 0.3) is 5.91 Å². The molecule has 2 N–H and O–H groups in total. The number of likely N-dealkylation sites (tertiary alicyclic amines) is 1. The van der Waals surface area contributed by atoms with Gasteiger partial charge in [-0.1, -0.05) is 26.8 Å². The van der Waals surface area contributed by atoms with Crippen molar-refractivity contribution in [3.8, 4) is 0 Å². The van der Waals surface area contributed by atoms with Gasteiger partial charge in [-0.2, -0.15) is 0 Å². The first-order valence-corrected chi connectivity index (χ1v) is 14.8. The fourth-order valence-corrected chi connectivity index (χ4v) is 6.47. The topological polar surface area (TPSA) is 113 Å². The summed E-state index contributed by atoms with van der Waals surface area (Å²) in [5.41, 5.74) is 1.84. The molecule has 0 aliphatic carbocycles. The molecule has 2 aromatic rings. The Hall–Kier alpha value is -3.86. The fourth-order valence-electron chi connectivity index (χ4n) is 6.47. The van der Waals surface area contributed by atoms with Crippen LogP contribution in [-0.2, 0) is 4.79 Å². The second-order valence-electron chi connectivity index (χ2n) is 12.9. The molecule has 226 valence electrons. The van der Waals surface area contributed by atoms with Crippen LogP contribution in [-0.4, -0.2) is 108 Å². The van der Waals surface area contributed by atoms with Crippen LogP contribution in [0.5, 0.6) is 0 Å². The second-order valence-corrected chi connectivity index (χ2v) is 12.9. The lowest BCUT2D eigenvalue weighted by Crippen LogP contribution is -2.61. The molecule has 2 unspecified atom stereocenters. The van der Waals surface area contributed by atoms with E-state index in [0.717, 1.165) is 24.5 Å². The molecule has 1 aromatic carbocycles. The Morgan fingerprint density at radius 1 is 1.02 bits per heavy atom. The van der Waals surface area contributed by atoms with Crippen LogP contribution >= 0.6 is 0 Å². The number of hydrogen-bond acceptors (Lipinski definition) is 7. The average molecular weight is 578 g/mol. The molecule has 5 rings (SSSR count). The van der Waals surface area contributed by atoms with Gasteiger partial charge in [0.2, 0.25) is 5.91 Å². The molecule has 1 aromatic heterocycles. The zero-order valence-corrected chi connectivity index (χ0v) is 25.5. The summed E-state index contributed by atoms with van der Waals surface area (Å²) in [6, 6.07) is 10.5. The molecule has 2 saturated heterocycles. The molecule has 4 heterocycles. The van der Waals surface area contributed by atoms with E-state index in [1.165, 1.54) is 0 Å². The van der Waals surface area contributed by atoms with E-state index in [0.29, 0.717) is 49.7 Å². The number of benzene rings is 1. The summed E-state index contributed by atoms with van der Waals surface area (Å²) in [5.74, 6) is 1.30. The zero-order valence-electron chi connectivity index (χ0n) is 25.5. The number of nitrogens with one attached hydrogen (secondary N) is 1. The highest BCUT2D eigenvalue weighted by Gasteiger charge is 2.45. The third-order valence-electron chi connectivity index (χ3n) is 8.95. The number of pyridine rings is 1. The third-order valence-corrected chi connectivity index (χ3v) is 8.95. The lowest BCUT2D eigenvalue weighted by Gasteiger charge is -2.50. The normalized spacial score (nSPS) is 23.6. The standard InChI is InChI=1S/C31H43N7O4/c1-20-28(39)35(6)24-10-11-26(32-22-9-7-8-21(18-22)29(40)36-16-14-34(5)15-17-36)33-27(24)38(20)23-12-13-37(30(41)42)25(19-23)31(2,3)4/h7-11,18,20,23,25H,12-17,19H2,1-6H3,(H,32,33)(H,41,42)/t20-,23?,25?/m1/s1. The number of rotatable bonds is 4. The number of fused-ring (bicyclic) bond motifs is 1. The summed E-state index contributed by atoms with van der Waals surface area (Å²) in [7, 11) is 3.83. The molecule has 42 heavy (non-hydrogen) atoms. The Kier molecular flexibility index (Phi) is 8.06. The maximum absolute atomic E-state index is 13.3. The predicted octanol–water partition coefficient (Wildman–Crippen LogP) is 3.94. The number of piperidine rings is 1. The number of aromatic nitrogens is 1. The first kappa shape index (κ1) is 29.6. The third kappa shape index (κ3) is 5.74. The second kappa shape index (κ2) is 11.4. The molecular formula is C31H43N7O4. The van der Waals surface area contributed by atoms with Gasteiger partial charge in [-0.25, -0.2) is 9.78 Å². The Balaban J connectivity index is 1.42. The largest absolute Gasteiger partial charge is 0.465 e. The van der Waals surface area contributed by atoms with Crippen molar-refractivity contribution in [3.05, 3.63) is 42.0 Å². The number of nitrogens with zero attached hydrogens (tertiary/aromatic N) is 6. The first-order chi connectivity index (χ1) is 19.8. The van der Waals surface area contributed by atoms with Gasteiger partial charge in [0.1, 0.15) is 11.9 Å². The lowest BCUT2D eigenvalue weighted by atomic mass is 9.78. The van der Waals surface area contributed by atoms with Crippen LogP contribution in [0.15, 0.2) is 36.4 Å². The number of carboxylic acid groups (broad SMARTS) is 1. The molecule has 3 amide bonds. The van der Waals surface area contributed by atoms with Crippen LogP contribution in [0.1, 0.15) is 50.9 Å². The molecule has 3 atom stereocenters. The van der Waals surface area contributed by atoms with Crippen molar-refractivity contribution in [2.75, 3.05) is 61.9 Å². The van der Waals surface area contributed by atoms with Crippen LogP contribution in [0.3, 0.4) is 0 Å². The number of carbonyl (C=O) groups excluding carboxylic acids is 2. The van der Waals surface area contributed by atoms with Gasteiger partial charge in [0.05, 0.1) is 5.69 Å². The number of amides is 3. The number of carbonyl (C=O) groups is 3. The summed E-state index contributed by atoms with van der Waals surface area (Å²) in [4.78, 5) is 52.9. The highest BCUT2D eigenvalue weighted by atomic mass is 16.4. The van der Waals surface area contributed by atoms with E-state index >= 15 is 0 Å². The molecule has 11 nitrogen and oxygen atoms in total. The number of piperazine rings is 1. The zero-order chi connectivity index (χ0) is 30.3. The van der Waals surface area contributed by atoms with Gasteiger partial charge >= 0.3 is 6.09 Å². The first-order valence-electron chi connectivity index (χ1n) is 14.8. The molecule has 2 fully saturated rings. The van der Waals surface area contributed by atoms with Crippen molar-refractivity contribution < 1.29 is 19.5 Å². The van der Waals surface area contributed by atoms with Crippen LogP contribution in [0.4, 0.5) is 27.8 Å². The van der Waals surface area contributed by atoms with E-state index in [9.17, 15) is 19.5 Å². The lowest BCUT2D eigenvalue weighted by molar-refractivity contribution is -0.119. The molecular weight excluding hydrogens is 534 g/mol. The quantitative estimate of drug-likeness (QED) is 0.562. The van der Waals surface area contributed by atoms with Crippen molar-refractivity contribution >= 4 is 40.9 Å². The molecule has 0 saturated carbocycles. The maximum Gasteiger partial charge on any atom is 0.407 e. The summed E-state index contributed by atoms with van der Waals surface area (Å²) in [6.07, 6.45) is 0.302. The summed E-state index contributed by atoms with van der Waals surface area (Å²) < 4.78 is 0. The average Bonchev–Trinajstić information content (AvgIpc) is 2.95. The highest BCUT2D eigenvalue weighted by molar-refractivity contribution is 6.04. The van der Waals surface area contributed by atoms with Gasteiger partial charge in [-0.3, -0.25) is 9.59 Å². The summed E-state index contributed by atoms with van der Waals surface area (Å²) >= 11 is 0. The van der Waals surface area contributed by atoms with Crippen LogP contribution in [0.2, 0.25) is 0 Å². The fraction of sp³-hybridized carbons (Fsp3) is 0.548. The van der Waals surface area contributed by atoms with E-state index < -0.39 is 12.1 Å². The minimum Gasteiger partial charge on any atom is -0.465 e. The molecule has 0 spiro atoms. The van der Waals surface area contributed by atoms with Gasteiger partial charge in [-0.15, -0.1) is 0 Å². The highest BCUT2D eigenvalue weighted by Crippen LogP contribution is 2.41. The molecule has 0 radical (unpaired) electrons. The maximum atomic E-state index is 13.3. The van der Waals surface area contributed by atoms with Crippen molar-refractivity contribution in [1.82, 2.24) is 19.7 Å². The Morgan fingerprint density at radius 2 is 1.74 bits per heavy atom. The van der Waals surface area contributed by atoms with Crippen molar-refractivity contribution in [2.45, 2.75) is 58.7 Å². The van der Waals surface area contributed by atoms with E-state index in [2.05, 4.69) is 42.9 Å². The Bertz CT molecular complexity index is 1350. The molecule has 3 aliphatic heterocycles. The van der Waals surface area contributed by atoms with Gasteiger partial charge in [-0.05, 0) is 62.6 Å². The van der Waals surface area contributed by atoms with Crippen LogP contribution in [0, 0.1) is 5.41 Å². The molecule has 0 bridgehead atoms. The van der Waals surface area contributed by atoms with Gasteiger partial charge in [0, 0.05) is 63.1 Å². The molecule has 3 aliphatic rings. The minimum absolute atomic E-state index is 0.0198. The van der Waals surface area contributed by atoms with Crippen LogP contribution < -0.4 is 15.1 Å². The van der Waals surface area contributed by atoms with Gasteiger partial charge < -0.3 is 34.9 Å². The number of hydrogen-bond donors (Lipinski definition) is 2. The predicted molar refractivity (Wildman–Crippen MR) is 164 cm³/mol. The number of anilines is 4. The van der Waals surface area contributed by atoms with E-state index in [-0.39, 0.29) is 29.3 Å². The number of likely N-dealkylation sites (N-methyl/N-ethyl adjacent to an activating group) is 2. The Labute approximate surface area is 248 Å². The van der Waals surface area contributed by atoms with E-state index in [4.69, 9.17) is 4.98 Å². The van der Waals surface area contributed by atoms with Crippen molar-refractivity contribution in [3.63, 3.8) is 0 Å². The monoisotopic (exact) mass is 577 g/mol. The SMILES string of the molecule is C[C@@H]1C(=O)N(C)c2ccc(Nc3cccc(C(=O)N4CCN(C)CC4)c3)nc2N1C1CCN(C(=O)O)C(C(C)(C)C)C1. The van der Waals surface area contributed by atoms with E-state index in [1.54, 1.807) is 16.8 Å². The smallest absolute Gasteiger partial charge is 0.407 e. The molecule has 11 heteroatoms. The summed E-state index contributed by atoms with van der Waals surface area (Å²) in [6.45, 7) is 11.6. The Morgan fingerprint density at radius 3 is 2.40 bits per heavy atom. The van der Waals surface area contributed by atoms with Crippen LogP contribution in [0.25, 0.3) is 0 Å². The summed E-state index contributed by atoms with van der Waals surface area (Å²) in [5, 5.41) is 13.2. The van der Waals surface area contributed by atoms with Crippen molar-refractivity contribution in [2.24, 2.45) is 5.41 Å². The minimum atomic E-state index is -0.908. The van der Waals surface area contributed by atoms with E-state index in [1.807, 2.05) is 48.2 Å².